The average Bonchev–Trinajstić information content (AvgIpc) is 2.41. The summed E-state index contributed by atoms with van der Waals surface area (Å²) >= 11 is 0. The fourth-order valence-electron chi connectivity index (χ4n) is 1.33. The highest BCUT2D eigenvalue weighted by Gasteiger charge is 2.40. The summed E-state index contributed by atoms with van der Waals surface area (Å²) in [5.74, 6) is -0.543. The van der Waals surface area contributed by atoms with E-state index in [1.54, 1.807) is 0 Å². The monoisotopic (exact) mass is 172 g/mol. The molecule has 0 radical (unpaired) electrons. The first-order valence-corrected chi connectivity index (χ1v) is 3.58. The van der Waals surface area contributed by atoms with E-state index in [0.29, 0.717) is 5.57 Å². The molecule has 1 unspecified atom stereocenters. The summed E-state index contributed by atoms with van der Waals surface area (Å²) in [5, 5.41) is 18.4. The third-order valence-corrected chi connectivity index (χ3v) is 1.92. The summed E-state index contributed by atoms with van der Waals surface area (Å²) in [7, 11) is 0. The minimum atomic E-state index is -1.15. The van der Waals surface area contributed by atoms with Crippen LogP contribution >= 0.6 is 0 Å². The lowest BCUT2D eigenvalue weighted by atomic mass is 10.0. The zero-order chi connectivity index (χ0) is 8.72. The van der Waals surface area contributed by atoms with Gasteiger partial charge in [-0.15, -0.1) is 0 Å². The molecular formula is C7H8O5. The molecule has 5 heteroatoms. The topological polar surface area (TPSA) is 76.0 Å². The molecule has 5 nitrogen and oxygen atoms in total. The lowest BCUT2D eigenvalue weighted by molar-refractivity contribution is -0.196. The van der Waals surface area contributed by atoms with Gasteiger partial charge in [0, 0.05) is 11.6 Å². The molecule has 0 amide bonds. The van der Waals surface area contributed by atoms with Crippen LogP contribution in [0.3, 0.4) is 0 Å². The van der Waals surface area contributed by atoms with Crippen molar-refractivity contribution in [3.05, 3.63) is 11.6 Å². The number of aliphatic hydroxyl groups excluding tert-OH is 2. The van der Waals surface area contributed by atoms with Crippen molar-refractivity contribution in [1.82, 2.24) is 0 Å². The molecule has 2 heterocycles. The molecule has 3 atom stereocenters. The lowest BCUT2D eigenvalue weighted by Gasteiger charge is -2.28. The average molecular weight is 172 g/mol. The van der Waals surface area contributed by atoms with Gasteiger partial charge in [0.05, 0.1) is 6.61 Å². The fourth-order valence-corrected chi connectivity index (χ4v) is 1.33. The predicted octanol–water partition coefficient (Wildman–Crippen LogP) is -1.45. The first-order valence-electron chi connectivity index (χ1n) is 3.58. The molecule has 2 rings (SSSR count). The SMILES string of the molecule is O=C1C=C2[C@H](O)COC(O)[C@@H]2O1. The van der Waals surface area contributed by atoms with Gasteiger partial charge in [-0.05, 0) is 0 Å². The molecule has 0 aromatic heterocycles. The van der Waals surface area contributed by atoms with E-state index in [1.807, 2.05) is 0 Å². The van der Waals surface area contributed by atoms with E-state index < -0.39 is 24.5 Å². The normalized spacial score (nSPS) is 40.3. The first-order chi connectivity index (χ1) is 5.68. The Balaban J connectivity index is 2.26. The first kappa shape index (κ1) is 7.72. The van der Waals surface area contributed by atoms with E-state index >= 15 is 0 Å². The second-order valence-corrected chi connectivity index (χ2v) is 2.74. The van der Waals surface area contributed by atoms with Gasteiger partial charge in [-0.3, -0.25) is 0 Å². The van der Waals surface area contributed by atoms with Crippen LogP contribution in [0.1, 0.15) is 0 Å². The van der Waals surface area contributed by atoms with Crippen molar-refractivity contribution in [3.63, 3.8) is 0 Å². The van der Waals surface area contributed by atoms with Crippen LogP contribution in [0.25, 0.3) is 0 Å². The fraction of sp³-hybridized carbons (Fsp3) is 0.571. The number of carbonyl (C=O) groups is 1. The Hall–Kier alpha value is -0.910. The Morgan fingerprint density at radius 2 is 2.25 bits per heavy atom. The molecule has 1 saturated heterocycles. The van der Waals surface area contributed by atoms with E-state index in [4.69, 9.17) is 9.84 Å². The maximum absolute atomic E-state index is 10.7. The number of ether oxygens (including phenoxy) is 2. The molecule has 66 valence electrons. The highest BCUT2D eigenvalue weighted by Crippen LogP contribution is 2.26. The number of carbonyl (C=O) groups excluding carboxylic acids is 1. The Kier molecular flexibility index (Phi) is 1.64. The Morgan fingerprint density at radius 3 is 2.92 bits per heavy atom. The minimum absolute atomic E-state index is 0.000139. The van der Waals surface area contributed by atoms with Crippen LogP contribution in [0.4, 0.5) is 0 Å². The molecule has 0 spiro atoms. The molecule has 0 aromatic carbocycles. The van der Waals surface area contributed by atoms with E-state index in [-0.39, 0.29) is 6.61 Å². The number of aliphatic hydroxyl groups is 2. The van der Waals surface area contributed by atoms with Gasteiger partial charge in [0.1, 0.15) is 6.10 Å². The van der Waals surface area contributed by atoms with Crippen LogP contribution in [-0.4, -0.2) is 41.3 Å². The summed E-state index contributed by atoms with van der Waals surface area (Å²) in [6.45, 7) is 0.000139. The van der Waals surface area contributed by atoms with Gasteiger partial charge in [0.25, 0.3) is 0 Å². The summed E-state index contributed by atoms with van der Waals surface area (Å²) < 4.78 is 9.42. The van der Waals surface area contributed by atoms with Crippen LogP contribution in [-0.2, 0) is 14.3 Å². The summed E-state index contributed by atoms with van der Waals surface area (Å²) in [6.07, 6.45) is -1.61. The number of esters is 1. The van der Waals surface area contributed by atoms with E-state index in [1.165, 1.54) is 6.08 Å². The molecule has 2 N–H and O–H groups in total. The second kappa shape index (κ2) is 2.55. The van der Waals surface area contributed by atoms with Crippen LogP contribution in [0.2, 0.25) is 0 Å². The highest BCUT2D eigenvalue weighted by atomic mass is 16.7. The lowest BCUT2D eigenvalue weighted by Crippen LogP contribution is -2.42. The smallest absolute Gasteiger partial charge is 0.331 e. The molecule has 0 saturated carbocycles. The number of hydrogen-bond donors (Lipinski definition) is 2. The summed E-state index contributed by atoms with van der Waals surface area (Å²) in [4.78, 5) is 10.7. The number of fused-ring (bicyclic) bond motifs is 1. The van der Waals surface area contributed by atoms with E-state index in [2.05, 4.69) is 4.74 Å². The molecule has 0 aliphatic carbocycles. The van der Waals surface area contributed by atoms with Gasteiger partial charge >= 0.3 is 5.97 Å². The Morgan fingerprint density at radius 1 is 1.50 bits per heavy atom. The molecule has 1 fully saturated rings. The van der Waals surface area contributed by atoms with Crippen molar-refractivity contribution in [1.29, 1.82) is 0 Å². The maximum Gasteiger partial charge on any atom is 0.331 e. The predicted molar refractivity (Wildman–Crippen MR) is 35.9 cm³/mol. The second-order valence-electron chi connectivity index (χ2n) is 2.74. The van der Waals surface area contributed by atoms with Crippen molar-refractivity contribution in [2.24, 2.45) is 0 Å². The largest absolute Gasteiger partial charge is 0.449 e. The third kappa shape index (κ3) is 1.03. The molecule has 12 heavy (non-hydrogen) atoms. The maximum atomic E-state index is 10.7. The zero-order valence-electron chi connectivity index (χ0n) is 6.14. The van der Waals surface area contributed by atoms with Gasteiger partial charge in [-0.1, -0.05) is 0 Å². The van der Waals surface area contributed by atoms with Crippen molar-refractivity contribution in [3.8, 4) is 0 Å². The Labute approximate surface area is 68.2 Å². The van der Waals surface area contributed by atoms with Crippen LogP contribution in [0.5, 0.6) is 0 Å². The number of hydrogen-bond acceptors (Lipinski definition) is 5. The van der Waals surface area contributed by atoms with Crippen LogP contribution < -0.4 is 0 Å². The molecular weight excluding hydrogens is 164 g/mol. The zero-order valence-corrected chi connectivity index (χ0v) is 6.14. The molecule has 2 aliphatic rings. The summed E-state index contributed by atoms with van der Waals surface area (Å²) in [6, 6.07) is 0. The van der Waals surface area contributed by atoms with Crippen molar-refractivity contribution < 1.29 is 24.5 Å². The standard InChI is InChI=1S/C7H8O5/c8-4-2-11-7(10)6-3(4)1-5(9)12-6/h1,4,6-8,10H,2H2/t4-,6-,7?/m1/s1. The van der Waals surface area contributed by atoms with E-state index in [0.717, 1.165) is 0 Å². The quantitative estimate of drug-likeness (QED) is 0.437. The van der Waals surface area contributed by atoms with Gasteiger partial charge in [-0.2, -0.15) is 0 Å². The Bertz CT molecular complexity index is 246. The van der Waals surface area contributed by atoms with Gasteiger partial charge < -0.3 is 19.7 Å². The van der Waals surface area contributed by atoms with Gasteiger partial charge in [0.2, 0.25) is 0 Å². The molecule has 0 aromatic rings. The van der Waals surface area contributed by atoms with Gasteiger partial charge in [0.15, 0.2) is 12.4 Å². The van der Waals surface area contributed by atoms with Crippen molar-refractivity contribution >= 4 is 5.97 Å². The van der Waals surface area contributed by atoms with Gasteiger partial charge in [-0.25, -0.2) is 4.79 Å². The minimum Gasteiger partial charge on any atom is -0.449 e. The molecule has 0 bridgehead atoms. The van der Waals surface area contributed by atoms with Crippen LogP contribution in [0.15, 0.2) is 11.6 Å². The van der Waals surface area contributed by atoms with E-state index in [9.17, 15) is 9.90 Å². The van der Waals surface area contributed by atoms with Crippen LogP contribution in [0, 0.1) is 0 Å². The van der Waals surface area contributed by atoms with Crippen molar-refractivity contribution in [2.45, 2.75) is 18.5 Å². The number of rotatable bonds is 0. The highest BCUT2D eigenvalue weighted by molar-refractivity contribution is 5.86. The molecule has 2 aliphatic heterocycles. The third-order valence-electron chi connectivity index (χ3n) is 1.92. The van der Waals surface area contributed by atoms with Crippen molar-refractivity contribution in [2.75, 3.05) is 6.61 Å². The summed E-state index contributed by atoms with van der Waals surface area (Å²) in [5.41, 5.74) is 0.402.